The van der Waals surface area contributed by atoms with E-state index in [4.69, 9.17) is 9.47 Å². The average Bonchev–Trinajstić information content (AvgIpc) is 3.30. The summed E-state index contributed by atoms with van der Waals surface area (Å²) in [5, 5.41) is 1.37. The van der Waals surface area contributed by atoms with E-state index in [2.05, 4.69) is 21.9 Å². The molecule has 0 radical (unpaired) electrons. The molecule has 3 rings (SSSR count). The lowest BCUT2D eigenvalue weighted by atomic mass is 10.2. The van der Waals surface area contributed by atoms with Gasteiger partial charge in [0.05, 0.1) is 28.3 Å². The van der Waals surface area contributed by atoms with Crippen LogP contribution in [0, 0.1) is 6.92 Å². The lowest BCUT2D eigenvalue weighted by Crippen LogP contribution is -1.95. The van der Waals surface area contributed by atoms with Gasteiger partial charge in [-0.1, -0.05) is 18.3 Å². The summed E-state index contributed by atoms with van der Waals surface area (Å²) in [4.78, 5) is 25.6. The molecule has 0 fully saturated rings. The molecule has 8 heteroatoms. The minimum absolute atomic E-state index is 0.220. The molecule has 0 aliphatic heterocycles. The maximum absolute atomic E-state index is 11.1. The first-order valence-electron chi connectivity index (χ1n) is 8.85. The number of aromatic nitrogens is 2. The van der Waals surface area contributed by atoms with Crippen LogP contribution in [0.25, 0.3) is 9.88 Å². The Morgan fingerprint density at radius 1 is 1.18 bits per heavy atom. The maximum atomic E-state index is 11.1. The van der Waals surface area contributed by atoms with Gasteiger partial charge in [-0.3, -0.25) is 4.79 Å². The summed E-state index contributed by atoms with van der Waals surface area (Å²) in [5.41, 5.74) is 1.65. The van der Waals surface area contributed by atoms with Gasteiger partial charge in [0.2, 0.25) is 5.91 Å². The van der Waals surface area contributed by atoms with E-state index < -0.39 is 0 Å². The predicted molar refractivity (Wildman–Crippen MR) is 113 cm³/mol. The third kappa shape index (κ3) is 5.02. The van der Waals surface area contributed by atoms with Crippen molar-refractivity contribution in [2.24, 2.45) is 4.99 Å². The summed E-state index contributed by atoms with van der Waals surface area (Å²) in [5.74, 6) is 1.36. The summed E-state index contributed by atoms with van der Waals surface area (Å²) in [6, 6.07) is 5.75. The molecule has 146 valence electrons. The lowest BCUT2D eigenvalue weighted by molar-refractivity contribution is -0.115. The number of hydrogen-bond acceptors (Lipinski definition) is 7. The quantitative estimate of drug-likeness (QED) is 0.476. The van der Waals surface area contributed by atoms with Crippen LogP contribution in [0.4, 0.5) is 0 Å². The summed E-state index contributed by atoms with van der Waals surface area (Å²) < 4.78 is 11.6. The van der Waals surface area contributed by atoms with E-state index in [1.165, 1.54) is 29.6 Å². The number of nitrogens with zero attached hydrogens (tertiary/aromatic N) is 3. The summed E-state index contributed by atoms with van der Waals surface area (Å²) in [6.07, 6.45) is 4.44. The molecule has 0 bridgehead atoms. The first-order chi connectivity index (χ1) is 13.5. The summed E-state index contributed by atoms with van der Waals surface area (Å²) >= 11 is 2.90. The molecule has 0 aliphatic rings. The molecule has 0 aliphatic carbocycles. The van der Waals surface area contributed by atoms with Crippen LogP contribution in [0.15, 0.2) is 35.6 Å². The van der Waals surface area contributed by atoms with Gasteiger partial charge < -0.3 is 9.47 Å². The number of aryl methyl sites for hydroxylation is 1. The molecule has 0 saturated heterocycles. The molecule has 0 spiro atoms. The maximum Gasteiger partial charge on any atom is 0.279 e. The largest absolute Gasteiger partial charge is 0.494 e. The number of thiazole rings is 2. The number of hydrogen-bond donors (Lipinski definition) is 0. The molecule has 0 N–H and O–H groups in total. The van der Waals surface area contributed by atoms with Crippen molar-refractivity contribution in [2.75, 3.05) is 6.61 Å². The first-order valence-corrected chi connectivity index (χ1v) is 10.5. The zero-order valence-corrected chi connectivity index (χ0v) is 17.8. The lowest BCUT2D eigenvalue weighted by Gasteiger charge is -2.09. The van der Waals surface area contributed by atoms with Gasteiger partial charge in [-0.15, -0.1) is 11.3 Å². The Hall–Kier alpha value is -2.58. The van der Waals surface area contributed by atoms with Gasteiger partial charge >= 0.3 is 0 Å². The van der Waals surface area contributed by atoms with E-state index in [1.807, 2.05) is 25.1 Å². The van der Waals surface area contributed by atoms with Gasteiger partial charge in [-0.05, 0) is 44.0 Å². The number of rotatable bonds is 7. The minimum Gasteiger partial charge on any atom is -0.494 e. The van der Waals surface area contributed by atoms with Crippen LogP contribution in [-0.4, -0.2) is 28.2 Å². The number of benzene rings is 1. The molecule has 3 aromatic rings. The Kier molecular flexibility index (Phi) is 6.53. The molecule has 2 heterocycles. The number of carbonyl (C=O) groups excluding carboxylic acids is 1. The van der Waals surface area contributed by atoms with Crippen LogP contribution < -0.4 is 9.47 Å². The molecular weight excluding hydrogens is 394 g/mol. The molecule has 1 amide bonds. The van der Waals surface area contributed by atoms with Crippen molar-refractivity contribution in [1.29, 1.82) is 0 Å². The third-order valence-corrected chi connectivity index (χ3v) is 5.85. The van der Waals surface area contributed by atoms with Crippen molar-refractivity contribution in [1.82, 2.24) is 9.97 Å². The van der Waals surface area contributed by atoms with E-state index in [-0.39, 0.29) is 5.91 Å². The van der Waals surface area contributed by atoms with E-state index in [1.54, 1.807) is 19.3 Å². The molecule has 0 atom stereocenters. The fraction of sp³-hybridized carbons (Fsp3) is 0.300. The zero-order chi connectivity index (χ0) is 20.1. The Labute approximate surface area is 171 Å². The van der Waals surface area contributed by atoms with Gasteiger partial charge in [0.1, 0.15) is 16.5 Å². The topological polar surface area (TPSA) is 73.7 Å². The zero-order valence-electron chi connectivity index (χ0n) is 16.2. The molecule has 0 unspecified atom stereocenters. The Balaban J connectivity index is 1.73. The van der Waals surface area contributed by atoms with Crippen molar-refractivity contribution in [3.05, 3.63) is 41.0 Å². The van der Waals surface area contributed by atoms with E-state index in [9.17, 15) is 4.79 Å². The van der Waals surface area contributed by atoms with Gasteiger partial charge in [-0.2, -0.15) is 0 Å². The van der Waals surface area contributed by atoms with E-state index >= 15 is 0 Å². The van der Waals surface area contributed by atoms with Crippen LogP contribution in [0.5, 0.6) is 16.7 Å². The van der Waals surface area contributed by atoms with Crippen molar-refractivity contribution in [2.45, 2.75) is 34.1 Å². The molecule has 2 aromatic heterocycles. The van der Waals surface area contributed by atoms with Crippen molar-refractivity contribution in [3.8, 4) is 26.6 Å². The second-order valence-corrected chi connectivity index (χ2v) is 8.14. The SMILES string of the molecule is CCCOc1ccc(Oc2ncc(-c3ncc(C(C)=NC(C)=O)s3)s2)c(C)c1. The highest BCUT2D eigenvalue weighted by Crippen LogP contribution is 2.36. The number of carbonyl (C=O) groups is 1. The predicted octanol–water partition coefficient (Wildman–Crippen LogP) is 5.51. The average molecular weight is 416 g/mol. The van der Waals surface area contributed by atoms with Crippen LogP contribution in [-0.2, 0) is 4.79 Å². The molecule has 6 nitrogen and oxygen atoms in total. The summed E-state index contributed by atoms with van der Waals surface area (Å²) in [7, 11) is 0. The third-order valence-electron chi connectivity index (χ3n) is 3.70. The highest BCUT2D eigenvalue weighted by Gasteiger charge is 2.13. The number of ether oxygens (including phenoxy) is 2. The van der Waals surface area contributed by atoms with Crippen LogP contribution in [0.2, 0.25) is 0 Å². The van der Waals surface area contributed by atoms with Crippen LogP contribution >= 0.6 is 22.7 Å². The summed E-state index contributed by atoms with van der Waals surface area (Å²) in [6.45, 7) is 7.99. The van der Waals surface area contributed by atoms with Gasteiger partial charge in [0, 0.05) is 13.1 Å². The van der Waals surface area contributed by atoms with Gasteiger partial charge in [0.15, 0.2) is 0 Å². The van der Waals surface area contributed by atoms with Crippen molar-refractivity contribution >= 4 is 34.3 Å². The normalized spacial score (nSPS) is 11.5. The second kappa shape index (κ2) is 9.07. The number of aliphatic imine (C=N–C) groups is 1. The van der Waals surface area contributed by atoms with Crippen LogP contribution in [0.3, 0.4) is 0 Å². The van der Waals surface area contributed by atoms with Gasteiger partial charge in [-0.25, -0.2) is 15.0 Å². The highest BCUT2D eigenvalue weighted by atomic mass is 32.1. The van der Waals surface area contributed by atoms with Crippen molar-refractivity contribution < 1.29 is 14.3 Å². The molecule has 1 aromatic carbocycles. The van der Waals surface area contributed by atoms with E-state index in [0.29, 0.717) is 17.5 Å². The fourth-order valence-electron chi connectivity index (χ4n) is 2.39. The molecular formula is C20H21N3O3S2. The smallest absolute Gasteiger partial charge is 0.279 e. The van der Waals surface area contributed by atoms with E-state index in [0.717, 1.165) is 38.2 Å². The Morgan fingerprint density at radius 2 is 2.00 bits per heavy atom. The molecule has 0 saturated carbocycles. The van der Waals surface area contributed by atoms with Gasteiger partial charge in [0.25, 0.3) is 5.19 Å². The second-order valence-electron chi connectivity index (χ2n) is 6.11. The monoisotopic (exact) mass is 415 g/mol. The fourth-order valence-corrected chi connectivity index (χ4v) is 4.08. The Morgan fingerprint density at radius 3 is 2.71 bits per heavy atom. The Bertz CT molecular complexity index is 1010. The molecule has 28 heavy (non-hydrogen) atoms. The van der Waals surface area contributed by atoms with Crippen LogP contribution in [0.1, 0.15) is 37.6 Å². The highest BCUT2D eigenvalue weighted by molar-refractivity contribution is 7.23. The number of amides is 1. The van der Waals surface area contributed by atoms with Crippen molar-refractivity contribution in [3.63, 3.8) is 0 Å². The standard InChI is InChI=1S/C20H21N3O3S2/c1-5-8-25-15-6-7-16(12(2)9-15)26-20-22-11-18(28-20)19-21-10-17(27-19)13(3)23-14(4)24/h6-7,9-11H,5,8H2,1-4H3. The minimum atomic E-state index is -0.220. The first kappa shape index (κ1) is 20.2.